The van der Waals surface area contributed by atoms with Gasteiger partial charge in [0.05, 0.1) is 18.3 Å². The zero-order chi connectivity index (χ0) is 28.2. The van der Waals surface area contributed by atoms with E-state index in [1.807, 2.05) is 0 Å². The number of carbonyl (C=O) groups excluding carboxylic acids is 2. The van der Waals surface area contributed by atoms with Gasteiger partial charge in [0.1, 0.15) is 5.82 Å². The van der Waals surface area contributed by atoms with Gasteiger partial charge >= 0.3 is 6.03 Å². The van der Waals surface area contributed by atoms with Crippen molar-refractivity contribution in [2.75, 3.05) is 43.9 Å². The highest BCUT2D eigenvalue weighted by Crippen LogP contribution is 2.34. The fraction of sp³-hybridized carbons (Fsp3) is 0.600. The maximum atomic E-state index is 12.4. The number of urea groups is 1. The van der Waals surface area contributed by atoms with E-state index in [0.717, 1.165) is 37.5 Å². The highest BCUT2D eigenvalue weighted by Gasteiger charge is 2.33. The van der Waals surface area contributed by atoms with Gasteiger partial charge < -0.3 is 31.1 Å². The third kappa shape index (κ3) is 6.16. The van der Waals surface area contributed by atoms with Crippen molar-refractivity contribution in [2.24, 2.45) is 5.73 Å². The lowest BCUT2D eigenvalue weighted by molar-refractivity contribution is 0.0975. The Hall–Kier alpha value is -3.40. The van der Waals surface area contributed by atoms with E-state index in [-0.39, 0.29) is 23.8 Å². The van der Waals surface area contributed by atoms with Gasteiger partial charge in [-0.2, -0.15) is 0 Å². The van der Waals surface area contributed by atoms with E-state index in [9.17, 15) is 9.59 Å². The summed E-state index contributed by atoms with van der Waals surface area (Å²) in [6.07, 6.45) is 10.8. The maximum absolute atomic E-state index is 12.4. The molecule has 2 saturated heterocycles. The molecule has 1 aliphatic carbocycles. The largest absolute Gasteiger partial charge is 0.364 e. The number of benzene rings is 1. The van der Waals surface area contributed by atoms with Crippen molar-refractivity contribution in [3.8, 4) is 0 Å². The number of anilines is 3. The monoisotopic (exact) mass is 548 g/mol. The van der Waals surface area contributed by atoms with Crippen molar-refractivity contribution in [3.05, 3.63) is 41.7 Å². The van der Waals surface area contributed by atoms with Gasteiger partial charge in [0.25, 0.3) is 5.91 Å². The Morgan fingerprint density at radius 2 is 1.75 bits per heavy atom. The van der Waals surface area contributed by atoms with Crippen molar-refractivity contribution in [2.45, 2.75) is 82.3 Å². The number of nitrogens with one attached hydrogen (secondary N) is 2. The van der Waals surface area contributed by atoms with E-state index < -0.39 is 5.91 Å². The number of rotatable bonds is 8. The van der Waals surface area contributed by atoms with Crippen LogP contribution in [0.4, 0.5) is 22.1 Å². The number of likely N-dealkylation sites (tertiary alicyclic amines) is 1. The van der Waals surface area contributed by atoms with E-state index in [1.165, 1.54) is 50.8 Å². The van der Waals surface area contributed by atoms with Crippen LogP contribution in [0.5, 0.6) is 0 Å². The summed E-state index contributed by atoms with van der Waals surface area (Å²) >= 11 is 0. The van der Waals surface area contributed by atoms with Crippen LogP contribution in [0.25, 0.3) is 0 Å². The van der Waals surface area contributed by atoms with Gasteiger partial charge in [-0.3, -0.25) is 4.79 Å². The number of nitrogens with zero attached hydrogens (tertiary/aromatic N) is 5. The predicted octanol–water partition coefficient (Wildman–Crippen LogP) is 4.07. The van der Waals surface area contributed by atoms with Crippen LogP contribution in [0.2, 0.25) is 0 Å². The van der Waals surface area contributed by atoms with Crippen LogP contribution >= 0.6 is 0 Å². The number of aromatic nitrogens is 2. The van der Waals surface area contributed by atoms with E-state index in [0.29, 0.717) is 17.6 Å². The Morgan fingerprint density at radius 1 is 1.02 bits per heavy atom. The van der Waals surface area contributed by atoms with E-state index >= 15 is 0 Å². The van der Waals surface area contributed by atoms with Gasteiger partial charge in [-0.1, -0.05) is 25.5 Å². The maximum Gasteiger partial charge on any atom is 0.317 e. The van der Waals surface area contributed by atoms with Gasteiger partial charge in [0.15, 0.2) is 11.5 Å². The lowest BCUT2D eigenvalue weighted by Gasteiger charge is -2.42. The van der Waals surface area contributed by atoms with Crippen LogP contribution < -0.4 is 21.3 Å². The second-order valence-electron chi connectivity index (χ2n) is 11.7. The van der Waals surface area contributed by atoms with E-state index in [1.54, 1.807) is 25.2 Å². The molecule has 3 amide bonds. The van der Waals surface area contributed by atoms with Crippen LogP contribution in [0.3, 0.4) is 0 Å². The van der Waals surface area contributed by atoms with E-state index in [2.05, 4.69) is 56.6 Å². The Bertz CT molecular complexity index is 1170. The van der Waals surface area contributed by atoms with E-state index in [4.69, 9.17) is 10.7 Å². The molecule has 40 heavy (non-hydrogen) atoms. The number of hydrogen-bond acceptors (Lipinski definition) is 7. The molecule has 2 aliphatic heterocycles. The summed E-state index contributed by atoms with van der Waals surface area (Å²) in [5.41, 5.74) is 7.98. The molecular weight excluding hydrogens is 504 g/mol. The Morgan fingerprint density at radius 3 is 2.35 bits per heavy atom. The summed E-state index contributed by atoms with van der Waals surface area (Å²) in [5.74, 6) is 0.970. The molecule has 0 radical (unpaired) electrons. The summed E-state index contributed by atoms with van der Waals surface area (Å²) < 4.78 is 0. The summed E-state index contributed by atoms with van der Waals surface area (Å²) in [6, 6.07) is 9.25. The number of hydrogen-bond donors (Lipinski definition) is 3. The first-order chi connectivity index (χ1) is 19.3. The quantitative estimate of drug-likeness (QED) is 0.455. The van der Waals surface area contributed by atoms with Crippen molar-refractivity contribution in [3.63, 3.8) is 0 Å². The minimum atomic E-state index is -0.627. The lowest BCUT2D eigenvalue weighted by atomic mass is 9.85. The highest BCUT2D eigenvalue weighted by molar-refractivity contribution is 5.96. The van der Waals surface area contributed by atoms with Crippen LogP contribution in [0, 0.1) is 0 Å². The van der Waals surface area contributed by atoms with Gasteiger partial charge in [0, 0.05) is 32.4 Å². The van der Waals surface area contributed by atoms with Gasteiger partial charge in [0.2, 0.25) is 0 Å². The lowest BCUT2D eigenvalue weighted by Crippen LogP contribution is -2.57. The first-order valence-corrected chi connectivity index (χ1v) is 14.9. The molecule has 3 heterocycles. The Balaban J connectivity index is 1.29. The number of piperidine rings is 2. The zero-order valence-corrected chi connectivity index (χ0v) is 24.1. The van der Waals surface area contributed by atoms with Gasteiger partial charge in [-0.25, -0.2) is 14.8 Å². The Kier molecular flexibility index (Phi) is 8.73. The van der Waals surface area contributed by atoms with Crippen molar-refractivity contribution >= 4 is 29.3 Å². The molecule has 2 aromatic rings. The molecule has 2 unspecified atom stereocenters. The topological polar surface area (TPSA) is 120 Å². The van der Waals surface area contributed by atoms with Gasteiger partial charge in [-0.05, 0) is 81.6 Å². The molecule has 10 nitrogen and oxygen atoms in total. The van der Waals surface area contributed by atoms with Crippen LogP contribution in [0.15, 0.2) is 30.5 Å². The molecule has 10 heteroatoms. The first-order valence-electron chi connectivity index (χ1n) is 14.9. The second kappa shape index (κ2) is 12.4. The molecule has 1 aromatic heterocycles. The SMILES string of the molecule is CCC1C(NC(=O)N(C)C)CCCN1c1cnc(C(N)=O)c(Nc2ccc(C3CCN(C4CCC4)CC3)cc2)n1. The van der Waals surface area contributed by atoms with Crippen LogP contribution in [-0.2, 0) is 0 Å². The summed E-state index contributed by atoms with van der Waals surface area (Å²) in [4.78, 5) is 40.3. The first kappa shape index (κ1) is 28.1. The Labute approximate surface area is 237 Å². The predicted molar refractivity (Wildman–Crippen MR) is 158 cm³/mol. The molecule has 3 fully saturated rings. The molecule has 216 valence electrons. The minimum Gasteiger partial charge on any atom is -0.364 e. The number of amides is 3. The molecule has 0 bridgehead atoms. The third-order valence-corrected chi connectivity index (χ3v) is 8.97. The van der Waals surface area contributed by atoms with Crippen LogP contribution in [0.1, 0.15) is 80.3 Å². The van der Waals surface area contributed by atoms with Gasteiger partial charge in [-0.15, -0.1) is 0 Å². The van der Waals surface area contributed by atoms with Crippen molar-refractivity contribution in [1.29, 1.82) is 0 Å². The van der Waals surface area contributed by atoms with Crippen molar-refractivity contribution in [1.82, 2.24) is 25.1 Å². The second-order valence-corrected chi connectivity index (χ2v) is 11.7. The van der Waals surface area contributed by atoms with Crippen molar-refractivity contribution < 1.29 is 9.59 Å². The fourth-order valence-corrected chi connectivity index (χ4v) is 6.41. The highest BCUT2D eigenvalue weighted by atomic mass is 16.2. The minimum absolute atomic E-state index is 0.00388. The number of carbonyl (C=O) groups is 2. The van der Waals surface area contributed by atoms with Crippen LogP contribution in [-0.4, -0.2) is 83.6 Å². The smallest absolute Gasteiger partial charge is 0.317 e. The molecule has 2 atom stereocenters. The standard InChI is InChI=1S/C30H44N8O2/c1-4-25-24(34-30(40)36(2)3)9-6-16-38(25)26-19-32-27(28(31)39)29(35-26)33-22-12-10-20(11-13-22)21-14-17-37(18-15-21)23-7-5-8-23/h10-13,19,21,23-25H,4-9,14-18H2,1-3H3,(H2,31,39)(H,33,35)(H,34,40). The molecule has 0 spiro atoms. The number of primary amides is 1. The zero-order valence-electron chi connectivity index (χ0n) is 24.1. The normalized spacial score (nSPS) is 22.4. The molecule has 3 aliphatic rings. The molecule has 4 N–H and O–H groups in total. The molecule has 5 rings (SSSR count). The average Bonchev–Trinajstić information content (AvgIpc) is 2.92. The molecule has 1 aromatic carbocycles. The fourth-order valence-electron chi connectivity index (χ4n) is 6.41. The summed E-state index contributed by atoms with van der Waals surface area (Å²) in [5, 5.41) is 6.46. The number of nitrogens with two attached hydrogens (primary N) is 1. The average molecular weight is 549 g/mol. The third-order valence-electron chi connectivity index (χ3n) is 8.97. The molecular formula is C30H44N8O2. The summed E-state index contributed by atoms with van der Waals surface area (Å²) in [7, 11) is 3.49. The summed E-state index contributed by atoms with van der Waals surface area (Å²) in [6.45, 7) is 5.29. The molecule has 1 saturated carbocycles.